The summed E-state index contributed by atoms with van der Waals surface area (Å²) in [6.45, 7) is 4.20. The van der Waals surface area contributed by atoms with E-state index in [-0.39, 0.29) is 11.9 Å². The van der Waals surface area contributed by atoms with Crippen molar-refractivity contribution in [3.8, 4) is 0 Å². The quantitative estimate of drug-likeness (QED) is 0.845. The highest BCUT2D eigenvalue weighted by molar-refractivity contribution is 7.80. The molecular weight excluding hydrogens is 268 g/mol. The minimum atomic E-state index is 0.0140. The molecule has 2 N–H and O–H groups in total. The fourth-order valence-electron chi connectivity index (χ4n) is 1.61. The first kappa shape index (κ1) is 14.9. The number of benzene rings is 1. The minimum absolute atomic E-state index is 0.0140. The van der Waals surface area contributed by atoms with Gasteiger partial charge >= 0.3 is 0 Å². The SMILES string of the molecule is CC(C)N(CC(N)=S)C(=O)Cc1ccc(Cl)cc1. The maximum atomic E-state index is 12.2. The molecule has 0 saturated carbocycles. The second-order valence-electron chi connectivity index (χ2n) is 4.38. The highest BCUT2D eigenvalue weighted by Gasteiger charge is 2.17. The van der Waals surface area contributed by atoms with Gasteiger partial charge in [0.1, 0.15) is 0 Å². The van der Waals surface area contributed by atoms with Gasteiger partial charge in [0.25, 0.3) is 0 Å². The van der Waals surface area contributed by atoms with E-state index in [0.29, 0.717) is 23.0 Å². The van der Waals surface area contributed by atoms with Crippen LogP contribution in [0.2, 0.25) is 5.02 Å². The molecule has 0 fully saturated rings. The Morgan fingerprint density at radius 1 is 1.39 bits per heavy atom. The van der Waals surface area contributed by atoms with E-state index in [9.17, 15) is 4.79 Å². The van der Waals surface area contributed by atoms with Crippen LogP contribution < -0.4 is 5.73 Å². The van der Waals surface area contributed by atoms with Gasteiger partial charge in [-0.1, -0.05) is 36.0 Å². The van der Waals surface area contributed by atoms with Gasteiger partial charge in [0.05, 0.1) is 18.0 Å². The lowest BCUT2D eigenvalue weighted by atomic mass is 10.1. The second kappa shape index (κ2) is 6.71. The van der Waals surface area contributed by atoms with Gasteiger partial charge in [0, 0.05) is 11.1 Å². The summed E-state index contributed by atoms with van der Waals surface area (Å²) in [6, 6.07) is 7.32. The number of hydrogen-bond acceptors (Lipinski definition) is 2. The summed E-state index contributed by atoms with van der Waals surface area (Å²) in [5.41, 5.74) is 6.43. The number of rotatable bonds is 5. The van der Waals surface area contributed by atoms with Gasteiger partial charge in [0.15, 0.2) is 0 Å². The van der Waals surface area contributed by atoms with E-state index in [1.807, 2.05) is 26.0 Å². The molecule has 0 radical (unpaired) electrons. The summed E-state index contributed by atoms with van der Waals surface area (Å²) < 4.78 is 0. The maximum Gasteiger partial charge on any atom is 0.227 e. The van der Waals surface area contributed by atoms with Crippen LogP contribution in [0.25, 0.3) is 0 Å². The third kappa shape index (κ3) is 4.63. The van der Waals surface area contributed by atoms with Crippen molar-refractivity contribution in [2.24, 2.45) is 5.73 Å². The first-order valence-corrected chi connectivity index (χ1v) is 6.51. The van der Waals surface area contributed by atoms with E-state index in [0.717, 1.165) is 5.56 Å². The van der Waals surface area contributed by atoms with Gasteiger partial charge in [-0.05, 0) is 31.5 Å². The fraction of sp³-hybridized carbons (Fsp3) is 0.385. The Hall–Kier alpha value is -1.13. The molecule has 0 bridgehead atoms. The molecule has 3 nitrogen and oxygen atoms in total. The lowest BCUT2D eigenvalue weighted by molar-refractivity contribution is -0.131. The van der Waals surface area contributed by atoms with Crippen molar-refractivity contribution >= 4 is 34.7 Å². The molecule has 1 amide bonds. The molecule has 0 spiro atoms. The molecule has 5 heteroatoms. The number of nitrogens with two attached hydrogens (primary N) is 1. The van der Waals surface area contributed by atoms with Crippen LogP contribution in [0.4, 0.5) is 0 Å². The molecule has 1 aromatic rings. The predicted octanol–water partition coefficient (Wildman–Crippen LogP) is 2.41. The molecule has 98 valence electrons. The van der Waals surface area contributed by atoms with E-state index in [2.05, 4.69) is 0 Å². The Balaban J connectivity index is 2.72. The van der Waals surface area contributed by atoms with Crippen molar-refractivity contribution in [1.29, 1.82) is 0 Å². The number of thiocarbonyl (C=S) groups is 1. The number of carbonyl (C=O) groups is 1. The van der Waals surface area contributed by atoms with Gasteiger partial charge in [-0.3, -0.25) is 4.79 Å². The third-order valence-corrected chi connectivity index (χ3v) is 2.92. The van der Waals surface area contributed by atoms with Crippen molar-refractivity contribution in [2.45, 2.75) is 26.3 Å². The number of hydrogen-bond donors (Lipinski definition) is 1. The molecule has 0 aromatic heterocycles. The fourth-order valence-corrected chi connectivity index (χ4v) is 1.87. The van der Waals surface area contributed by atoms with Crippen molar-refractivity contribution in [2.75, 3.05) is 6.54 Å². The Bertz CT molecular complexity index is 431. The topological polar surface area (TPSA) is 46.3 Å². The Labute approximate surface area is 118 Å². The highest BCUT2D eigenvalue weighted by Crippen LogP contribution is 2.11. The molecule has 0 unspecified atom stereocenters. The van der Waals surface area contributed by atoms with E-state index >= 15 is 0 Å². The lowest BCUT2D eigenvalue weighted by Gasteiger charge is -2.26. The van der Waals surface area contributed by atoms with Crippen LogP contribution in [-0.4, -0.2) is 28.4 Å². The minimum Gasteiger partial charge on any atom is -0.392 e. The molecule has 0 saturated heterocycles. The summed E-state index contributed by atoms with van der Waals surface area (Å²) in [4.78, 5) is 14.2. The van der Waals surface area contributed by atoms with Crippen molar-refractivity contribution in [1.82, 2.24) is 4.90 Å². The van der Waals surface area contributed by atoms with Gasteiger partial charge in [0.2, 0.25) is 5.91 Å². The van der Waals surface area contributed by atoms with Crippen molar-refractivity contribution < 1.29 is 4.79 Å². The Morgan fingerprint density at radius 2 is 1.94 bits per heavy atom. The van der Waals surface area contributed by atoms with Crippen LogP contribution in [0.15, 0.2) is 24.3 Å². The number of amides is 1. The first-order chi connectivity index (χ1) is 8.40. The smallest absolute Gasteiger partial charge is 0.227 e. The normalized spacial score (nSPS) is 10.4. The molecule has 0 atom stereocenters. The second-order valence-corrected chi connectivity index (χ2v) is 5.35. The number of carbonyl (C=O) groups excluding carboxylic acids is 1. The van der Waals surface area contributed by atoms with Crippen molar-refractivity contribution in [3.05, 3.63) is 34.9 Å². The standard InChI is InChI=1S/C13H17ClN2OS/c1-9(2)16(8-12(15)18)13(17)7-10-3-5-11(14)6-4-10/h3-6,9H,7-8H2,1-2H3,(H2,15,18). The van der Waals surface area contributed by atoms with E-state index in [4.69, 9.17) is 29.6 Å². The highest BCUT2D eigenvalue weighted by atomic mass is 35.5. The van der Waals surface area contributed by atoms with E-state index in [1.165, 1.54) is 0 Å². The Morgan fingerprint density at radius 3 is 2.39 bits per heavy atom. The largest absolute Gasteiger partial charge is 0.392 e. The first-order valence-electron chi connectivity index (χ1n) is 5.72. The average molecular weight is 285 g/mol. The number of halogens is 1. The lowest BCUT2D eigenvalue weighted by Crippen LogP contribution is -2.42. The molecule has 0 heterocycles. The van der Waals surface area contributed by atoms with Crippen LogP contribution in [0.5, 0.6) is 0 Å². The van der Waals surface area contributed by atoms with Crippen LogP contribution in [0.3, 0.4) is 0 Å². The molecule has 1 rings (SSSR count). The summed E-state index contributed by atoms with van der Waals surface area (Å²) >= 11 is 10.7. The average Bonchev–Trinajstić information content (AvgIpc) is 2.28. The van der Waals surface area contributed by atoms with Crippen LogP contribution in [0.1, 0.15) is 19.4 Å². The zero-order chi connectivity index (χ0) is 13.7. The molecule has 18 heavy (non-hydrogen) atoms. The van der Waals surface area contributed by atoms with Gasteiger partial charge in [-0.15, -0.1) is 0 Å². The van der Waals surface area contributed by atoms with Crippen molar-refractivity contribution in [3.63, 3.8) is 0 Å². The monoisotopic (exact) mass is 284 g/mol. The summed E-state index contributed by atoms with van der Waals surface area (Å²) in [5.74, 6) is 0.0140. The van der Waals surface area contributed by atoms with Gasteiger partial charge in [-0.25, -0.2) is 0 Å². The molecule has 1 aromatic carbocycles. The van der Waals surface area contributed by atoms with E-state index < -0.39 is 0 Å². The zero-order valence-corrected chi connectivity index (χ0v) is 12.1. The van der Waals surface area contributed by atoms with Gasteiger partial charge in [-0.2, -0.15) is 0 Å². The summed E-state index contributed by atoms with van der Waals surface area (Å²) in [7, 11) is 0. The molecule has 0 aliphatic heterocycles. The van der Waals surface area contributed by atoms with Crippen LogP contribution in [-0.2, 0) is 11.2 Å². The summed E-state index contributed by atoms with van der Waals surface area (Å²) in [5, 5.41) is 0.662. The van der Waals surface area contributed by atoms with Crippen LogP contribution in [0, 0.1) is 0 Å². The molecular formula is C13H17ClN2OS. The predicted molar refractivity (Wildman–Crippen MR) is 78.8 cm³/mol. The zero-order valence-electron chi connectivity index (χ0n) is 10.5. The van der Waals surface area contributed by atoms with Crippen LogP contribution >= 0.6 is 23.8 Å². The maximum absolute atomic E-state index is 12.2. The Kier molecular flexibility index (Phi) is 5.56. The number of nitrogens with zero attached hydrogens (tertiary/aromatic N) is 1. The third-order valence-electron chi connectivity index (χ3n) is 2.54. The van der Waals surface area contributed by atoms with E-state index in [1.54, 1.807) is 17.0 Å². The molecule has 0 aliphatic rings. The summed E-state index contributed by atoms with van der Waals surface area (Å²) in [6.07, 6.45) is 0.331. The molecule has 0 aliphatic carbocycles. The van der Waals surface area contributed by atoms with Gasteiger partial charge < -0.3 is 10.6 Å².